The summed E-state index contributed by atoms with van der Waals surface area (Å²) >= 11 is 0. The second kappa shape index (κ2) is 11.4. The Morgan fingerprint density at radius 1 is 1.07 bits per heavy atom. The Bertz CT molecular complexity index is 837. The van der Waals surface area contributed by atoms with E-state index in [9.17, 15) is 23.4 Å². The van der Waals surface area contributed by atoms with Gasteiger partial charge in [0.15, 0.2) is 0 Å². The minimum Gasteiger partial charge on any atom is -0.493 e. The van der Waals surface area contributed by atoms with Crippen LogP contribution < -0.4 is 10.5 Å². The number of aliphatic hydroxyl groups excluding tert-OH is 2. The fourth-order valence-electron chi connectivity index (χ4n) is 2.74. The maximum Gasteiger partial charge on any atom is 0.419 e. The lowest BCUT2D eigenvalue weighted by molar-refractivity contribution is -0.139. The molecule has 30 heavy (non-hydrogen) atoms. The first-order chi connectivity index (χ1) is 13.7. The summed E-state index contributed by atoms with van der Waals surface area (Å²) in [6.07, 6.45) is -0.659. The minimum atomic E-state index is -4.58. The predicted molar refractivity (Wildman–Crippen MR) is 114 cm³/mol. The molecule has 0 aromatic heterocycles. The van der Waals surface area contributed by atoms with Gasteiger partial charge in [0, 0.05) is 0 Å². The zero-order chi connectivity index (χ0) is 21.5. The van der Waals surface area contributed by atoms with Crippen molar-refractivity contribution in [3.05, 3.63) is 70.8 Å². The van der Waals surface area contributed by atoms with Crippen LogP contribution in [-0.4, -0.2) is 35.6 Å². The Labute approximate surface area is 180 Å². The lowest BCUT2D eigenvalue weighted by atomic mass is 10.0. The van der Waals surface area contributed by atoms with Crippen molar-refractivity contribution in [3.63, 3.8) is 0 Å². The summed E-state index contributed by atoms with van der Waals surface area (Å²) in [6, 6.07) is 11.7. The number of hydrogen-bond acceptors (Lipinski definition) is 4. The van der Waals surface area contributed by atoms with E-state index >= 15 is 0 Å². The van der Waals surface area contributed by atoms with Crippen molar-refractivity contribution in [1.82, 2.24) is 0 Å². The summed E-state index contributed by atoms with van der Waals surface area (Å²) in [4.78, 5) is 0. The van der Waals surface area contributed by atoms with Crippen LogP contribution in [0, 0.1) is 6.92 Å². The van der Waals surface area contributed by atoms with Crippen LogP contribution in [0.1, 0.15) is 28.7 Å². The van der Waals surface area contributed by atoms with Gasteiger partial charge in [-0.2, -0.15) is 13.2 Å². The van der Waals surface area contributed by atoms with Crippen LogP contribution in [0.2, 0.25) is 0 Å². The third kappa shape index (κ3) is 7.65. The first-order valence-electron chi connectivity index (χ1n) is 9.26. The highest BCUT2D eigenvalue weighted by Crippen LogP contribution is 2.37. The zero-order valence-corrected chi connectivity index (χ0v) is 17.5. The van der Waals surface area contributed by atoms with Crippen LogP contribution in [0.25, 0.3) is 6.08 Å². The van der Waals surface area contributed by atoms with E-state index < -0.39 is 30.5 Å². The Morgan fingerprint density at radius 2 is 1.77 bits per heavy atom. The van der Waals surface area contributed by atoms with Gasteiger partial charge in [-0.15, -0.1) is 12.4 Å². The maximum atomic E-state index is 13.4. The molecule has 166 valence electrons. The van der Waals surface area contributed by atoms with Gasteiger partial charge >= 0.3 is 6.18 Å². The normalized spacial score (nSPS) is 12.1. The fourth-order valence-corrected chi connectivity index (χ4v) is 2.74. The highest BCUT2D eigenvalue weighted by Gasteiger charge is 2.34. The Morgan fingerprint density at radius 3 is 2.37 bits per heavy atom. The van der Waals surface area contributed by atoms with Gasteiger partial charge in [-0.25, -0.2) is 0 Å². The van der Waals surface area contributed by atoms with Crippen LogP contribution in [0.3, 0.4) is 0 Å². The molecule has 0 radical (unpaired) electrons. The summed E-state index contributed by atoms with van der Waals surface area (Å²) in [5, 5.41) is 18.3. The van der Waals surface area contributed by atoms with Crippen LogP contribution >= 0.6 is 12.4 Å². The lowest BCUT2D eigenvalue weighted by Gasteiger charge is -2.20. The number of halogens is 4. The highest BCUT2D eigenvalue weighted by atomic mass is 35.5. The van der Waals surface area contributed by atoms with Crippen LogP contribution in [0.4, 0.5) is 13.2 Å². The predicted octanol–water partition coefficient (Wildman–Crippen LogP) is 4.14. The van der Waals surface area contributed by atoms with Gasteiger partial charge in [0.05, 0.1) is 30.9 Å². The number of nitrogens with two attached hydrogens (primary N) is 1. The fraction of sp³-hybridized carbons (Fsp3) is 0.364. The van der Waals surface area contributed by atoms with E-state index in [4.69, 9.17) is 10.5 Å². The third-order valence-electron chi connectivity index (χ3n) is 4.46. The molecular formula is C22H27ClF3NO3. The van der Waals surface area contributed by atoms with Crippen molar-refractivity contribution >= 4 is 18.5 Å². The molecule has 4 nitrogen and oxygen atoms in total. The minimum absolute atomic E-state index is 0. The zero-order valence-electron chi connectivity index (χ0n) is 16.7. The molecule has 2 rings (SSSR count). The van der Waals surface area contributed by atoms with Gasteiger partial charge in [-0.05, 0) is 43.0 Å². The van der Waals surface area contributed by atoms with Crippen molar-refractivity contribution in [1.29, 1.82) is 0 Å². The number of aliphatic hydroxyl groups is 2. The second-order valence-corrected chi connectivity index (χ2v) is 7.08. The summed E-state index contributed by atoms with van der Waals surface area (Å²) in [5.41, 5.74) is 5.91. The molecule has 4 N–H and O–H groups in total. The molecule has 2 aromatic carbocycles. The summed E-state index contributed by atoms with van der Waals surface area (Å²) < 4.78 is 45.7. The van der Waals surface area contributed by atoms with Crippen LogP contribution in [0.5, 0.6) is 5.75 Å². The number of hydrogen-bond donors (Lipinski definition) is 3. The summed E-state index contributed by atoms with van der Waals surface area (Å²) in [6.45, 7) is 1.08. The van der Waals surface area contributed by atoms with Crippen molar-refractivity contribution in [3.8, 4) is 5.75 Å². The Balaban J connectivity index is 0.00000450. The van der Waals surface area contributed by atoms with Gasteiger partial charge in [-0.3, -0.25) is 0 Å². The SMILES string of the molecule is Cc1cccc(CCCOc2ccc(C=CC(N)(CO)CO)cc2C(F)(F)F)c1.Cl. The number of rotatable bonds is 9. The average molecular weight is 446 g/mol. The van der Waals surface area contributed by atoms with Gasteiger partial charge in [0.25, 0.3) is 0 Å². The van der Waals surface area contributed by atoms with E-state index in [-0.39, 0.29) is 30.3 Å². The molecular weight excluding hydrogens is 419 g/mol. The maximum absolute atomic E-state index is 13.4. The molecule has 0 aliphatic rings. The molecule has 0 aliphatic carbocycles. The lowest BCUT2D eigenvalue weighted by Crippen LogP contribution is -2.45. The molecule has 0 heterocycles. The highest BCUT2D eigenvalue weighted by molar-refractivity contribution is 5.85. The first-order valence-corrected chi connectivity index (χ1v) is 9.26. The molecule has 0 amide bonds. The smallest absolute Gasteiger partial charge is 0.419 e. The molecule has 0 saturated carbocycles. The number of alkyl halides is 3. The topological polar surface area (TPSA) is 75.7 Å². The Hall–Kier alpha value is -2.06. The molecule has 0 spiro atoms. The van der Waals surface area contributed by atoms with Crippen LogP contribution in [0.15, 0.2) is 48.5 Å². The molecule has 0 bridgehead atoms. The van der Waals surface area contributed by atoms with Crippen molar-refractivity contribution in [2.75, 3.05) is 19.8 Å². The molecule has 0 atom stereocenters. The third-order valence-corrected chi connectivity index (χ3v) is 4.46. The van der Waals surface area contributed by atoms with Crippen molar-refractivity contribution in [2.24, 2.45) is 5.73 Å². The van der Waals surface area contributed by atoms with Crippen molar-refractivity contribution < 1.29 is 28.1 Å². The van der Waals surface area contributed by atoms with E-state index in [0.29, 0.717) is 12.8 Å². The molecule has 8 heteroatoms. The molecule has 0 saturated heterocycles. The summed E-state index contributed by atoms with van der Waals surface area (Å²) in [7, 11) is 0. The van der Waals surface area contributed by atoms with E-state index in [1.807, 2.05) is 31.2 Å². The average Bonchev–Trinajstić information content (AvgIpc) is 2.69. The number of ether oxygens (including phenoxy) is 1. The van der Waals surface area contributed by atoms with Crippen molar-refractivity contribution in [2.45, 2.75) is 31.5 Å². The van der Waals surface area contributed by atoms with Gasteiger partial charge in [0.1, 0.15) is 5.75 Å². The van der Waals surface area contributed by atoms with E-state index in [2.05, 4.69) is 0 Å². The van der Waals surface area contributed by atoms with E-state index in [1.54, 1.807) is 0 Å². The van der Waals surface area contributed by atoms with E-state index in [1.165, 1.54) is 24.3 Å². The van der Waals surface area contributed by atoms with Gasteiger partial charge in [-0.1, -0.05) is 48.0 Å². The standard InChI is InChI=1S/C22H26F3NO3.ClH/c1-16-4-2-5-17(12-16)6-3-11-29-20-8-7-18(13-19(20)22(23,24)25)9-10-21(26,14-27)15-28;/h2,4-5,7-10,12-13,27-28H,3,6,11,14-15,26H2,1H3;1H. The van der Waals surface area contributed by atoms with Gasteiger partial charge < -0.3 is 20.7 Å². The molecule has 0 aliphatic heterocycles. The first kappa shape index (κ1) is 26.0. The quantitative estimate of drug-likeness (QED) is 0.507. The van der Waals surface area contributed by atoms with Crippen LogP contribution in [-0.2, 0) is 12.6 Å². The Kier molecular flexibility index (Phi) is 9.84. The second-order valence-electron chi connectivity index (χ2n) is 7.08. The molecule has 0 unspecified atom stereocenters. The largest absolute Gasteiger partial charge is 0.493 e. The monoisotopic (exact) mass is 445 g/mol. The van der Waals surface area contributed by atoms with E-state index in [0.717, 1.165) is 17.2 Å². The number of aryl methyl sites for hydroxylation is 2. The number of benzene rings is 2. The van der Waals surface area contributed by atoms with Gasteiger partial charge in [0.2, 0.25) is 0 Å². The molecule has 0 fully saturated rings. The summed E-state index contributed by atoms with van der Waals surface area (Å²) in [5.74, 6) is -0.234. The molecule has 2 aromatic rings.